The first-order valence-corrected chi connectivity index (χ1v) is 10.5. The summed E-state index contributed by atoms with van der Waals surface area (Å²) in [7, 11) is 1.58. The fraction of sp³-hybridized carbons (Fsp3) is 0.526. The van der Waals surface area contributed by atoms with Crippen molar-refractivity contribution in [3.05, 3.63) is 33.6 Å². The Balaban J connectivity index is 1.84. The summed E-state index contributed by atoms with van der Waals surface area (Å²) in [5.74, 6) is 0.205. The third-order valence-corrected chi connectivity index (χ3v) is 5.69. The highest BCUT2D eigenvalue weighted by atomic mass is 35.5. The second kappa shape index (κ2) is 9.26. The number of amides is 1. The molecule has 7 nitrogen and oxygen atoms in total. The van der Waals surface area contributed by atoms with E-state index in [2.05, 4.69) is 4.98 Å². The molecule has 0 bridgehead atoms. The monoisotopic (exact) mass is 425 g/mol. The number of aromatic nitrogens is 2. The molecule has 0 radical (unpaired) electrons. The van der Waals surface area contributed by atoms with Crippen LogP contribution in [0.5, 0.6) is 0 Å². The van der Waals surface area contributed by atoms with Crippen LogP contribution in [0.2, 0.25) is 5.02 Å². The molecule has 1 aliphatic rings. The summed E-state index contributed by atoms with van der Waals surface area (Å²) in [4.78, 5) is 32.0. The largest absolute Gasteiger partial charge is 0.383 e. The minimum atomic E-state index is -0.165. The molecule has 0 aliphatic carbocycles. The number of morpholine rings is 1. The summed E-state index contributed by atoms with van der Waals surface area (Å²) in [5, 5.41) is 1.49. The van der Waals surface area contributed by atoms with E-state index in [1.807, 2.05) is 13.8 Å². The maximum atomic E-state index is 12.9. The number of carbonyl (C=O) groups is 1. The third-order valence-electron chi connectivity index (χ3n) is 4.50. The summed E-state index contributed by atoms with van der Waals surface area (Å²) in [6.45, 7) is 5.80. The van der Waals surface area contributed by atoms with Crippen LogP contribution in [0.4, 0.5) is 0 Å². The van der Waals surface area contributed by atoms with E-state index < -0.39 is 0 Å². The highest BCUT2D eigenvalue weighted by Gasteiger charge is 2.26. The molecule has 1 aliphatic heterocycles. The number of ether oxygens (including phenoxy) is 2. The molecule has 2 aromatic rings. The summed E-state index contributed by atoms with van der Waals surface area (Å²) >= 11 is 7.31. The lowest BCUT2D eigenvalue weighted by atomic mass is 10.2. The van der Waals surface area contributed by atoms with Gasteiger partial charge in [0.15, 0.2) is 5.16 Å². The van der Waals surface area contributed by atoms with Crippen LogP contribution in [-0.2, 0) is 20.8 Å². The number of hydrogen-bond acceptors (Lipinski definition) is 6. The van der Waals surface area contributed by atoms with Crippen LogP contribution in [0.3, 0.4) is 0 Å². The number of benzene rings is 1. The van der Waals surface area contributed by atoms with Gasteiger partial charge in [0, 0.05) is 25.2 Å². The van der Waals surface area contributed by atoms with Crippen molar-refractivity contribution in [2.24, 2.45) is 0 Å². The summed E-state index contributed by atoms with van der Waals surface area (Å²) in [6, 6.07) is 5.01. The number of carbonyl (C=O) groups excluding carboxylic acids is 1. The van der Waals surface area contributed by atoms with Crippen molar-refractivity contribution >= 4 is 40.2 Å². The molecule has 1 fully saturated rings. The highest BCUT2D eigenvalue weighted by Crippen LogP contribution is 2.21. The van der Waals surface area contributed by atoms with Gasteiger partial charge in [-0.3, -0.25) is 14.2 Å². The van der Waals surface area contributed by atoms with Crippen molar-refractivity contribution in [1.82, 2.24) is 14.5 Å². The van der Waals surface area contributed by atoms with E-state index in [-0.39, 0.29) is 29.4 Å². The fourth-order valence-electron chi connectivity index (χ4n) is 3.26. The number of methoxy groups -OCH3 is 1. The van der Waals surface area contributed by atoms with E-state index in [0.29, 0.717) is 47.3 Å². The molecule has 2 unspecified atom stereocenters. The lowest BCUT2D eigenvalue weighted by molar-refractivity contribution is -0.140. The van der Waals surface area contributed by atoms with Gasteiger partial charge >= 0.3 is 0 Å². The Kier molecular flexibility index (Phi) is 6.98. The molecular weight excluding hydrogens is 402 g/mol. The first kappa shape index (κ1) is 21.1. The average molecular weight is 426 g/mol. The second-order valence-corrected chi connectivity index (χ2v) is 8.23. The van der Waals surface area contributed by atoms with Crippen molar-refractivity contribution in [2.45, 2.75) is 37.8 Å². The number of halogens is 1. The summed E-state index contributed by atoms with van der Waals surface area (Å²) < 4.78 is 12.4. The molecule has 1 aromatic carbocycles. The van der Waals surface area contributed by atoms with Gasteiger partial charge in [-0.05, 0) is 32.0 Å². The minimum Gasteiger partial charge on any atom is -0.383 e. The van der Waals surface area contributed by atoms with E-state index in [4.69, 9.17) is 21.1 Å². The first-order valence-electron chi connectivity index (χ1n) is 9.14. The number of nitrogens with zero attached hydrogens (tertiary/aromatic N) is 3. The molecule has 9 heteroatoms. The Bertz CT molecular complexity index is 910. The zero-order chi connectivity index (χ0) is 20.3. The van der Waals surface area contributed by atoms with Gasteiger partial charge in [0.1, 0.15) is 0 Å². The van der Waals surface area contributed by atoms with Gasteiger partial charge in [-0.25, -0.2) is 4.98 Å². The van der Waals surface area contributed by atoms with Crippen molar-refractivity contribution in [2.75, 3.05) is 32.6 Å². The molecule has 0 N–H and O–H groups in total. The smallest absolute Gasteiger partial charge is 0.262 e. The van der Waals surface area contributed by atoms with Crippen LogP contribution >= 0.6 is 23.4 Å². The molecule has 1 saturated heterocycles. The van der Waals surface area contributed by atoms with E-state index in [0.717, 1.165) is 0 Å². The maximum absolute atomic E-state index is 12.9. The Morgan fingerprint density at radius 1 is 1.36 bits per heavy atom. The highest BCUT2D eigenvalue weighted by molar-refractivity contribution is 7.99. The van der Waals surface area contributed by atoms with Crippen LogP contribution in [0, 0.1) is 0 Å². The van der Waals surface area contributed by atoms with Gasteiger partial charge in [-0.1, -0.05) is 23.4 Å². The fourth-order valence-corrected chi connectivity index (χ4v) is 4.36. The lowest BCUT2D eigenvalue weighted by Gasteiger charge is -2.35. The third kappa shape index (κ3) is 4.86. The van der Waals surface area contributed by atoms with Gasteiger partial charge in [0.05, 0.1) is 42.0 Å². The lowest BCUT2D eigenvalue weighted by Crippen LogP contribution is -2.48. The summed E-state index contributed by atoms with van der Waals surface area (Å²) in [5.41, 5.74) is 0.358. The van der Waals surface area contributed by atoms with Gasteiger partial charge < -0.3 is 14.4 Å². The molecular formula is C19H24ClN3O4S. The molecule has 1 aromatic heterocycles. The van der Waals surface area contributed by atoms with Crippen molar-refractivity contribution in [3.8, 4) is 0 Å². The molecule has 0 spiro atoms. The molecule has 3 rings (SSSR count). The van der Waals surface area contributed by atoms with Crippen molar-refractivity contribution in [1.29, 1.82) is 0 Å². The Morgan fingerprint density at radius 2 is 2.07 bits per heavy atom. The normalized spacial score (nSPS) is 19.9. The molecule has 152 valence electrons. The standard InChI is InChI=1S/C19H24ClN3O4S/c1-12-9-22(10-13(2)27-12)17(24)11-28-19-21-16-8-14(20)4-5-15(16)18(25)23(19)6-7-26-3/h4-5,8,12-13H,6-7,9-11H2,1-3H3. The molecule has 0 saturated carbocycles. The molecule has 2 atom stereocenters. The zero-order valence-electron chi connectivity index (χ0n) is 16.2. The molecule has 28 heavy (non-hydrogen) atoms. The average Bonchev–Trinajstić information content (AvgIpc) is 2.64. The van der Waals surface area contributed by atoms with Crippen LogP contribution in [-0.4, -0.2) is 65.1 Å². The second-order valence-electron chi connectivity index (χ2n) is 6.85. The number of rotatable bonds is 6. The van der Waals surface area contributed by atoms with Crippen molar-refractivity contribution in [3.63, 3.8) is 0 Å². The Labute approximate surface area is 173 Å². The van der Waals surface area contributed by atoms with Crippen molar-refractivity contribution < 1.29 is 14.3 Å². The van der Waals surface area contributed by atoms with Gasteiger partial charge in [-0.2, -0.15) is 0 Å². The SMILES string of the molecule is COCCn1c(SCC(=O)N2CC(C)OC(C)C2)nc2cc(Cl)ccc2c1=O. The molecule has 2 heterocycles. The van der Waals surface area contributed by atoms with Crippen LogP contribution in [0.25, 0.3) is 10.9 Å². The Hall–Kier alpha value is -1.61. The number of thioether (sulfide) groups is 1. The first-order chi connectivity index (χ1) is 13.4. The van der Waals surface area contributed by atoms with Gasteiger partial charge in [-0.15, -0.1) is 0 Å². The topological polar surface area (TPSA) is 73.7 Å². The van der Waals surface area contributed by atoms with Gasteiger partial charge in [0.2, 0.25) is 5.91 Å². The van der Waals surface area contributed by atoms with E-state index in [1.165, 1.54) is 11.8 Å². The van der Waals surface area contributed by atoms with E-state index in [1.54, 1.807) is 34.8 Å². The Morgan fingerprint density at radius 3 is 2.75 bits per heavy atom. The zero-order valence-corrected chi connectivity index (χ0v) is 17.8. The van der Waals surface area contributed by atoms with Crippen LogP contribution in [0.1, 0.15) is 13.8 Å². The predicted molar refractivity (Wildman–Crippen MR) is 110 cm³/mol. The maximum Gasteiger partial charge on any atom is 0.262 e. The predicted octanol–water partition coefficient (Wildman–Crippen LogP) is 2.42. The van der Waals surface area contributed by atoms with Crippen LogP contribution in [0.15, 0.2) is 28.2 Å². The van der Waals surface area contributed by atoms with Crippen LogP contribution < -0.4 is 5.56 Å². The van der Waals surface area contributed by atoms with Gasteiger partial charge in [0.25, 0.3) is 5.56 Å². The minimum absolute atomic E-state index is 0.00531. The molecule has 1 amide bonds. The summed E-state index contributed by atoms with van der Waals surface area (Å²) in [6.07, 6.45) is 0.0250. The van der Waals surface area contributed by atoms with E-state index >= 15 is 0 Å². The quantitative estimate of drug-likeness (QED) is 0.522. The van der Waals surface area contributed by atoms with E-state index in [9.17, 15) is 9.59 Å². The number of hydrogen-bond donors (Lipinski definition) is 0. The number of fused-ring (bicyclic) bond motifs is 1.